The number of amides is 2. The van der Waals surface area contributed by atoms with E-state index in [1.54, 1.807) is 16.2 Å². The average molecular weight is 449 g/mol. The van der Waals surface area contributed by atoms with Gasteiger partial charge in [0.25, 0.3) is 11.8 Å². The lowest BCUT2D eigenvalue weighted by molar-refractivity contribution is -0.140. The van der Waals surface area contributed by atoms with E-state index in [0.29, 0.717) is 17.2 Å². The molecule has 0 N–H and O–H groups in total. The molecule has 4 nitrogen and oxygen atoms in total. The first-order valence-corrected chi connectivity index (χ1v) is 13.1. The van der Waals surface area contributed by atoms with Gasteiger partial charge in [0.05, 0.1) is 5.57 Å². The van der Waals surface area contributed by atoms with Crippen molar-refractivity contribution < 1.29 is 9.59 Å². The van der Waals surface area contributed by atoms with E-state index < -0.39 is 0 Å². The van der Waals surface area contributed by atoms with Crippen molar-refractivity contribution in [2.75, 3.05) is 13.1 Å². The second kappa shape index (κ2) is 9.62. The number of piperidine rings is 1. The lowest BCUT2D eigenvalue weighted by atomic mass is 9.90. The Morgan fingerprint density at radius 3 is 2.19 bits per heavy atom. The predicted molar refractivity (Wildman–Crippen MR) is 129 cm³/mol. The van der Waals surface area contributed by atoms with Gasteiger partial charge in [-0.25, -0.2) is 0 Å². The highest BCUT2D eigenvalue weighted by molar-refractivity contribution is 7.11. The molecule has 0 atom stereocenters. The SMILES string of the molecule is O=C1C(c2cccs2)=C(N2CCC(Cc3ccccc3)CC2)C(=O)N1C1CCCCCC1. The molecule has 0 bridgehead atoms. The molecule has 2 fully saturated rings. The molecule has 168 valence electrons. The minimum Gasteiger partial charge on any atom is -0.366 e. The number of imide groups is 1. The second-order valence-corrected chi connectivity index (χ2v) is 10.4. The minimum absolute atomic E-state index is 0.0493. The summed E-state index contributed by atoms with van der Waals surface area (Å²) in [5.41, 5.74) is 2.70. The summed E-state index contributed by atoms with van der Waals surface area (Å²) in [5, 5.41) is 2.00. The molecule has 3 heterocycles. The van der Waals surface area contributed by atoms with Crippen molar-refractivity contribution >= 4 is 28.7 Å². The van der Waals surface area contributed by atoms with Gasteiger partial charge in [0.1, 0.15) is 5.70 Å². The van der Waals surface area contributed by atoms with Crippen LogP contribution in [0.15, 0.2) is 53.5 Å². The highest BCUT2D eigenvalue weighted by Gasteiger charge is 2.45. The second-order valence-electron chi connectivity index (χ2n) is 9.45. The van der Waals surface area contributed by atoms with Crippen molar-refractivity contribution in [1.82, 2.24) is 9.80 Å². The Morgan fingerprint density at radius 1 is 0.812 bits per heavy atom. The zero-order valence-electron chi connectivity index (χ0n) is 18.7. The summed E-state index contributed by atoms with van der Waals surface area (Å²) in [7, 11) is 0. The number of thiophene rings is 1. The minimum atomic E-state index is -0.0641. The third kappa shape index (κ3) is 4.27. The summed E-state index contributed by atoms with van der Waals surface area (Å²) < 4.78 is 0. The summed E-state index contributed by atoms with van der Waals surface area (Å²) in [5.74, 6) is 0.516. The van der Waals surface area contributed by atoms with Crippen LogP contribution in [0.25, 0.3) is 5.57 Å². The molecule has 0 radical (unpaired) electrons. The van der Waals surface area contributed by atoms with Gasteiger partial charge >= 0.3 is 0 Å². The van der Waals surface area contributed by atoms with Crippen LogP contribution in [0.5, 0.6) is 0 Å². The van der Waals surface area contributed by atoms with E-state index in [4.69, 9.17) is 0 Å². The predicted octanol–water partition coefficient (Wildman–Crippen LogP) is 5.51. The van der Waals surface area contributed by atoms with Gasteiger partial charge in [0.15, 0.2) is 0 Å². The van der Waals surface area contributed by atoms with Gasteiger partial charge < -0.3 is 4.90 Å². The molecule has 0 spiro atoms. The topological polar surface area (TPSA) is 40.6 Å². The fourth-order valence-electron chi connectivity index (χ4n) is 5.63. The van der Waals surface area contributed by atoms with Crippen molar-refractivity contribution in [2.24, 2.45) is 5.92 Å². The Hall–Kier alpha value is -2.40. The van der Waals surface area contributed by atoms with E-state index in [-0.39, 0.29) is 17.9 Å². The molecule has 1 aromatic heterocycles. The molecule has 2 aliphatic heterocycles. The molecule has 5 heteroatoms. The number of nitrogens with zero attached hydrogens (tertiary/aromatic N) is 2. The Kier molecular flexibility index (Phi) is 6.44. The molecule has 2 aromatic rings. The number of hydrogen-bond donors (Lipinski definition) is 0. The van der Waals surface area contributed by atoms with Crippen LogP contribution in [0.3, 0.4) is 0 Å². The standard InChI is InChI=1S/C27H32N2O2S/c30-26-24(23-13-8-18-32-23)25(27(31)29(26)22-11-6-1-2-7-12-22)28-16-14-21(15-17-28)19-20-9-4-3-5-10-20/h3-5,8-10,13,18,21-22H,1-2,6-7,11-12,14-17,19H2. The number of hydrogen-bond acceptors (Lipinski definition) is 4. The molecular formula is C27H32N2O2S. The average Bonchev–Trinajstić information content (AvgIpc) is 3.32. The third-order valence-electron chi connectivity index (χ3n) is 7.35. The maximum Gasteiger partial charge on any atom is 0.278 e. The summed E-state index contributed by atoms with van der Waals surface area (Å²) in [6, 6.07) is 14.7. The first kappa shape index (κ1) is 21.4. The molecule has 1 saturated carbocycles. The van der Waals surface area contributed by atoms with E-state index in [0.717, 1.165) is 62.9 Å². The van der Waals surface area contributed by atoms with Crippen LogP contribution in [0.2, 0.25) is 0 Å². The van der Waals surface area contributed by atoms with E-state index in [1.807, 2.05) is 17.5 Å². The van der Waals surface area contributed by atoms with Gasteiger partial charge in [-0.3, -0.25) is 14.5 Å². The number of carbonyl (C=O) groups is 2. The summed E-state index contributed by atoms with van der Waals surface area (Å²) >= 11 is 1.56. The van der Waals surface area contributed by atoms with Crippen LogP contribution in [0.4, 0.5) is 0 Å². The molecule has 32 heavy (non-hydrogen) atoms. The van der Waals surface area contributed by atoms with Gasteiger partial charge in [-0.05, 0) is 55.0 Å². The highest BCUT2D eigenvalue weighted by atomic mass is 32.1. The van der Waals surface area contributed by atoms with E-state index in [2.05, 4.69) is 35.2 Å². The van der Waals surface area contributed by atoms with Crippen molar-refractivity contribution in [1.29, 1.82) is 0 Å². The van der Waals surface area contributed by atoms with Crippen LogP contribution in [-0.2, 0) is 16.0 Å². The van der Waals surface area contributed by atoms with Gasteiger partial charge in [-0.1, -0.05) is 62.1 Å². The van der Waals surface area contributed by atoms with Gasteiger partial charge in [-0.2, -0.15) is 0 Å². The molecular weight excluding hydrogens is 416 g/mol. The van der Waals surface area contributed by atoms with Gasteiger partial charge in [0.2, 0.25) is 0 Å². The smallest absolute Gasteiger partial charge is 0.278 e. The van der Waals surface area contributed by atoms with Crippen molar-refractivity contribution in [3.05, 3.63) is 64.0 Å². The van der Waals surface area contributed by atoms with E-state index in [1.165, 1.54) is 18.4 Å². The Bertz CT molecular complexity index is 966. The van der Waals surface area contributed by atoms with Crippen LogP contribution in [0, 0.1) is 5.92 Å². The summed E-state index contributed by atoms with van der Waals surface area (Å²) in [6.45, 7) is 1.69. The van der Waals surface area contributed by atoms with Crippen molar-refractivity contribution in [3.63, 3.8) is 0 Å². The molecule has 1 aromatic carbocycles. The molecule has 5 rings (SSSR count). The first-order valence-electron chi connectivity index (χ1n) is 12.2. The normalized spacial score (nSPS) is 21.5. The molecule has 1 aliphatic carbocycles. The molecule has 3 aliphatic rings. The maximum atomic E-state index is 13.7. The number of benzene rings is 1. The monoisotopic (exact) mass is 448 g/mol. The fourth-order valence-corrected chi connectivity index (χ4v) is 6.39. The quantitative estimate of drug-likeness (QED) is 0.448. The van der Waals surface area contributed by atoms with Gasteiger partial charge in [0, 0.05) is 24.0 Å². The van der Waals surface area contributed by atoms with Crippen LogP contribution >= 0.6 is 11.3 Å². The Morgan fingerprint density at radius 2 is 1.53 bits per heavy atom. The molecule has 0 unspecified atom stereocenters. The largest absolute Gasteiger partial charge is 0.366 e. The lowest BCUT2D eigenvalue weighted by Gasteiger charge is -2.34. The van der Waals surface area contributed by atoms with E-state index in [9.17, 15) is 9.59 Å². The number of carbonyl (C=O) groups excluding carboxylic acids is 2. The van der Waals surface area contributed by atoms with Gasteiger partial charge in [-0.15, -0.1) is 11.3 Å². The number of likely N-dealkylation sites (tertiary alicyclic amines) is 1. The first-order chi connectivity index (χ1) is 15.7. The van der Waals surface area contributed by atoms with Crippen LogP contribution < -0.4 is 0 Å². The Labute approximate surface area is 194 Å². The number of rotatable bonds is 5. The summed E-state index contributed by atoms with van der Waals surface area (Å²) in [4.78, 5) is 32.1. The molecule has 1 saturated heterocycles. The molecule has 2 amide bonds. The van der Waals surface area contributed by atoms with Crippen LogP contribution in [-0.4, -0.2) is 40.7 Å². The lowest BCUT2D eigenvalue weighted by Crippen LogP contribution is -2.43. The van der Waals surface area contributed by atoms with Crippen LogP contribution in [0.1, 0.15) is 61.8 Å². The third-order valence-corrected chi connectivity index (χ3v) is 8.23. The highest BCUT2D eigenvalue weighted by Crippen LogP contribution is 2.38. The maximum absolute atomic E-state index is 13.7. The zero-order valence-corrected chi connectivity index (χ0v) is 19.5. The Balaban J connectivity index is 1.36. The summed E-state index contributed by atoms with van der Waals surface area (Å²) in [6.07, 6.45) is 9.73. The zero-order chi connectivity index (χ0) is 21.9. The van der Waals surface area contributed by atoms with Crippen molar-refractivity contribution in [3.8, 4) is 0 Å². The fraction of sp³-hybridized carbons (Fsp3) is 0.481. The van der Waals surface area contributed by atoms with E-state index >= 15 is 0 Å². The van der Waals surface area contributed by atoms with Crippen molar-refractivity contribution in [2.45, 2.75) is 63.8 Å².